The van der Waals surface area contributed by atoms with Crippen LogP contribution in [0.15, 0.2) is 23.1 Å². The molecule has 7 heteroatoms. The smallest absolute Gasteiger partial charge is 0.241 e. The Kier molecular flexibility index (Phi) is 5.52. The Morgan fingerprint density at radius 3 is 2.40 bits per heavy atom. The summed E-state index contributed by atoms with van der Waals surface area (Å²) in [7, 11) is -3.72. The van der Waals surface area contributed by atoms with Crippen LogP contribution >= 0.6 is 0 Å². The molecule has 6 nitrogen and oxygen atoms in total. The van der Waals surface area contributed by atoms with Gasteiger partial charge in [0.2, 0.25) is 15.9 Å². The van der Waals surface area contributed by atoms with E-state index in [1.54, 1.807) is 17.9 Å². The monoisotopic (exact) mass is 299 g/mol. The summed E-state index contributed by atoms with van der Waals surface area (Å²) in [6.07, 6.45) is 0. The third-order valence-corrected chi connectivity index (χ3v) is 4.49. The second-order valence-corrected chi connectivity index (χ2v) is 6.18. The molecule has 0 aromatic heterocycles. The number of carbonyl (C=O) groups excluding carboxylic acids is 1. The zero-order valence-corrected chi connectivity index (χ0v) is 12.8. The molecule has 20 heavy (non-hydrogen) atoms. The maximum atomic E-state index is 12.1. The quantitative estimate of drug-likeness (QED) is 0.757. The first-order valence-corrected chi connectivity index (χ1v) is 7.93. The number of sulfonamides is 1. The van der Waals surface area contributed by atoms with E-state index in [0.29, 0.717) is 18.8 Å². The van der Waals surface area contributed by atoms with Gasteiger partial charge in [-0.3, -0.25) is 4.79 Å². The first-order chi connectivity index (χ1) is 9.31. The molecule has 112 valence electrons. The topological polar surface area (TPSA) is 92.5 Å². The average Bonchev–Trinajstić information content (AvgIpc) is 2.41. The summed E-state index contributed by atoms with van der Waals surface area (Å²) in [5, 5.41) is 0. The summed E-state index contributed by atoms with van der Waals surface area (Å²) in [4.78, 5) is 13.4. The first-order valence-electron chi connectivity index (χ1n) is 6.45. The molecule has 1 amide bonds. The van der Waals surface area contributed by atoms with Gasteiger partial charge >= 0.3 is 0 Å². The van der Waals surface area contributed by atoms with Crippen molar-refractivity contribution in [3.63, 3.8) is 0 Å². The molecule has 1 rings (SSSR count). The van der Waals surface area contributed by atoms with E-state index in [9.17, 15) is 13.2 Å². The molecule has 1 aromatic carbocycles. The number of anilines is 1. The van der Waals surface area contributed by atoms with Crippen LogP contribution < -0.4 is 10.5 Å². The molecule has 0 aliphatic heterocycles. The highest BCUT2D eigenvalue weighted by molar-refractivity contribution is 7.89. The number of nitrogens with zero attached hydrogens (tertiary/aromatic N) is 1. The Labute approximate surface area is 120 Å². The van der Waals surface area contributed by atoms with E-state index in [4.69, 9.17) is 5.73 Å². The highest BCUT2D eigenvalue weighted by Crippen LogP contribution is 2.16. The van der Waals surface area contributed by atoms with Crippen LogP contribution in [0.2, 0.25) is 0 Å². The zero-order chi connectivity index (χ0) is 15.3. The molecule has 1 aromatic rings. The van der Waals surface area contributed by atoms with Crippen LogP contribution in [0.3, 0.4) is 0 Å². The third-order valence-electron chi connectivity index (χ3n) is 3.09. The van der Waals surface area contributed by atoms with Crippen LogP contribution in [0.5, 0.6) is 0 Å². The number of aryl methyl sites for hydroxylation is 1. The highest BCUT2D eigenvalue weighted by atomic mass is 32.2. The van der Waals surface area contributed by atoms with E-state index in [1.165, 1.54) is 12.1 Å². The van der Waals surface area contributed by atoms with Gasteiger partial charge in [0.25, 0.3) is 0 Å². The summed E-state index contributed by atoms with van der Waals surface area (Å²) in [6, 6.07) is 4.49. The van der Waals surface area contributed by atoms with E-state index in [1.807, 2.05) is 13.8 Å². The van der Waals surface area contributed by atoms with Crippen molar-refractivity contribution in [2.75, 3.05) is 25.4 Å². The van der Waals surface area contributed by atoms with Gasteiger partial charge in [0, 0.05) is 18.8 Å². The Morgan fingerprint density at radius 1 is 1.30 bits per heavy atom. The molecule has 0 saturated heterocycles. The maximum Gasteiger partial charge on any atom is 0.241 e. The van der Waals surface area contributed by atoms with Gasteiger partial charge in [-0.05, 0) is 38.5 Å². The molecule has 0 saturated carbocycles. The summed E-state index contributed by atoms with van der Waals surface area (Å²) in [6.45, 7) is 6.33. The fourth-order valence-electron chi connectivity index (χ4n) is 1.71. The first kappa shape index (κ1) is 16.5. The number of nitrogens with two attached hydrogens (primary N) is 1. The van der Waals surface area contributed by atoms with Gasteiger partial charge in [-0.25, -0.2) is 13.1 Å². The van der Waals surface area contributed by atoms with E-state index in [0.717, 1.165) is 5.56 Å². The summed E-state index contributed by atoms with van der Waals surface area (Å²) in [5.41, 5.74) is 6.91. The molecule has 0 aliphatic rings. The lowest BCUT2D eigenvalue weighted by molar-refractivity contribution is -0.129. The Balaban J connectivity index is 2.80. The van der Waals surface area contributed by atoms with Crippen molar-refractivity contribution in [3.05, 3.63) is 23.8 Å². The Bertz CT molecular complexity index is 581. The van der Waals surface area contributed by atoms with Crippen LogP contribution in [0.25, 0.3) is 0 Å². The largest absolute Gasteiger partial charge is 0.398 e. The van der Waals surface area contributed by atoms with Crippen molar-refractivity contribution in [1.82, 2.24) is 9.62 Å². The van der Waals surface area contributed by atoms with Gasteiger partial charge in [0.1, 0.15) is 0 Å². The Hall–Kier alpha value is -1.60. The van der Waals surface area contributed by atoms with Gasteiger partial charge in [-0.15, -0.1) is 0 Å². The van der Waals surface area contributed by atoms with Crippen molar-refractivity contribution in [3.8, 4) is 0 Å². The normalized spacial score (nSPS) is 11.3. The number of amides is 1. The molecular formula is C13H21N3O3S. The fraction of sp³-hybridized carbons (Fsp3) is 0.462. The lowest BCUT2D eigenvalue weighted by Crippen LogP contribution is -2.39. The molecule has 0 spiro atoms. The van der Waals surface area contributed by atoms with E-state index < -0.39 is 10.0 Å². The molecule has 0 heterocycles. The van der Waals surface area contributed by atoms with E-state index in [2.05, 4.69) is 4.72 Å². The minimum atomic E-state index is -3.72. The third kappa shape index (κ3) is 3.94. The van der Waals surface area contributed by atoms with Crippen LogP contribution in [-0.2, 0) is 14.8 Å². The van der Waals surface area contributed by atoms with Crippen molar-refractivity contribution >= 4 is 21.6 Å². The van der Waals surface area contributed by atoms with Crippen LogP contribution in [0, 0.1) is 6.92 Å². The van der Waals surface area contributed by atoms with Crippen molar-refractivity contribution < 1.29 is 13.2 Å². The van der Waals surface area contributed by atoms with Gasteiger partial charge in [-0.1, -0.05) is 6.07 Å². The standard InChI is InChI=1S/C13H21N3O3S/c1-4-16(5-2)13(17)9-15-20(18,19)11-7-6-10(3)12(14)8-11/h6-8,15H,4-5,9,14H2,1-3H3. The molecule has 0 fully saturated rings. The van der Waals surface area contributed by atoms with E-state index in [-0.39, 0.29) is 17.3 Å². The number of rotatable bonds is 6. The van der Waals surface area contributed by atoms with Crippen LogP contribution in [-0.4, -0.2) is 38.9 Å². The Morgan fingerprint density at radius 2 is 1.90 bits per heavy atom. The number of carbonyl (C=O) groups is 1. The molecule has 0 unspecified atom stereocenters. The molecule has 3 N–H and O–H groups in total. The van der Waals surface area contributed by atoms with Gasteiger partial charge in [0.05, 0.1) is 11.4 Å². The van der Waals surface area contributed by atoms with Gasteiger partial charge in [-0.2, -0.15) is 0 Å². The van der Waals surface area contributed by atoms with E-state index >= 15 is 0 Å². The molecule has 0 atom stereocenters. The second-order valence-electron chi connectivity index (χ2n) is 4.41. The zero-order valence-electron chi connectivity index (χ0n) is 12.0. The highest BCUT2D eigenvalue weighted by Gasteiger charge is 2.18. The number of likely N-dealkylation sites (N-methyl/N-ethyl adjacent to an activating group) is 1. The number of nitrogen functional groups attached to an aromatic ring is 1. The van der Waals surface area contributed by atoms with Crippen molar-refractivity contribution in [2.24, 2.45) is 0 Å². The predicted molar refractivity (Wildman–Crippen MR) is 78.7 cm³/mol. The second kappa shape index (κ2) is 6.71. The van der Waals surface area contributed by atoms with Crippen LogP contribution in [0.4, 0.5) is 5.69 Å². The SMILES string of the molecule is CCN(CC)C(=O)CNS(=O)(=O)c1ccc(C)c(N)c1. The van der Waals surface area contributed by atoms with Gasteiger partial charge in [0.15, 0.2) is 0 Å². The number of benzene rings is 1. The lowest BCUT2D eigenvalue weighted by Gasteiger charge is -2.18. The summed E-state index contributed by atoms with van der Waals surface area (Å²) < 4.78 is 26.4. The average molecular weight is 299 g/mol. The summed E-state index contributed by atoms with van der Waals surface area (Å²) in [5.74, 6) is -0.251. The lowest BCUT2D eigenvalue weighted by atomic mass is 10.2. The van der Waals surface area contributed by atoms with Crippen molar-refractivity contribution in [1.29, 1.82) is 0 Å². The van der Waals surface area contributed by atoms with Crippen LogP contribution in [0.1, 0.15) is 19.4 Å². The molecule has 0 radical (unpaired) electrons. The molecule has 0 bridgehead atoms. The number of hydrogen-bond donors (Lipinski definition) is 2. The number of nitrogens with one attached hydrogen (secondary N) is 1. The minimum Gasteiger partial charge on any atom is -0.398 e. The maximum absolute atomic E-state index is 12.1. The summed E-state index contributed by atoms with van der Waals surface area (Å²) >= 11 is 0. The minimum absolute atomic E-state index is 0.0629. The molecular weight excluding hydrogens is 278 g/mol. The fourth-order valence-corrected chi connectivity index (χ4v) is 2.72. The molecule has 0 aliphatic carbocycles. The number of hydrogen-bond acceptors (Lipinski definition) is 4. The van der Waals surface area contributed by atoms with Gasteiger partial charge < -0.3 is 10.6 Å². The predicted octanol–water partition coefficient (Wildman–Crippen LogP) is 0.724. The van der Waals surface area contributed by atoms with Crippen molar-refractivity contribution in [2.45, 2.75) is 25.7 Å².